The molecular formula is C13H11FO3S2. The second-order valence-electron chi connectivity index (χ2n) is 3.71. The molecule has 2 aromatic rings. The van der Waals surface area contributed by atoms with Crippen molar-refractivity contribution in [1.82, 2.24) is 0 Å². The van der Waals surface area contributed by atoms with Gasteiger partial charge in [-0.15, -0.1) is 23.1 Å². The van der Waals surface area contributed by atoms with Gasteiger partial charge in [0.25, 0.3) is 0 Å². The molecule has 3 nitrogen and oxygen atoms in total. The van der Waals surface area contributed by atoms with Crippen LogP contribution in [0.1, 0.15) is 15.2 Å². The Balaban J connectivity index is 2.01. The number of carbonyl (C=O) groups is 1. The molecule has 100 valence electrons. The van der Waals surface area contributed by atoms with Crippen LogP contribution in [0.5, 0.6) is 5.75 Å². The lowest BCUT2D eigenvalue weighted by atomic mass is 10.2. The van der Waals surface area contributed by atoms with Crippen LogP contribution in [-0.4, -0.2) is 18.2 Å². The Kier molecular flexibility index (Phi) is 4.44. The molecule has 1 heterocycles. The smallest absolute Gasteiger partial charge is 0.345 e. The lowest BCUT2D eigenvalue weighted by Gasteiger charge is -2.04. The van der Waals surface area contributed by atoms with E-state index in [9.17, 15) is 9.18 Å². The van der Waals surface area contributed by atoms with Gasteiger partial charge in [-0.25, -0.2) is 9.18 Å². The van der Waals surface area contributed by atoms with E-state index in [0.29, 0.717) is 10.6 Å². The number of carboxylic acids is 1. The van der Waals surface area contributed by atoms with Gasteiger partial charge < -0.3 is 9.84 Å². The van der Waals surface area contributed by atoms with E-state index in [1.807, 2.05) is 0 Å². The number of rotatable bonds is 5. The fourth-order valence-corrected chi connectivity index (χ4v) is 3.29. The molecule has 2 rings (SSSR count). The third-order valence-corrected chi connectivity index (χ3v) is 4.52. The van der Waals surface area contributed by atoms with E-state index in [1.54, 1.807) is 23.6 Å². The van der Waals surface area contributed by atoms with Crippen molar-refractivity contribution >= 4 is 29.1 Å². The number of benzene rings is 1. The first-order valence-corrected chi connectivity index (χ1v) is 7.23. The fraction of sp³-hybridized carbons (Fsp3) is 0.154. The largest absolute Gasteiger partial charge is 0.494 e. The van der Waals surface area contributed by atoms with E-state index in [1.165, 1.54) is 36.3 Å². The number of thioether (sulfide) groups is 1. The highest BCUT2D eigenvalue weighted by Crippen LogP contribution is 2.29. The zero-order valence-electron chi connectivity index (χ0n) is 10.1. The third-order valence-electron chi connectivity index (χ3n) is 2.41. The number of thiophene rings is 1. The molecule has 0 saturated heterocycles. The summed E-state index contributed by atoms with van der Waals surface area (Å²) in [5.74, 6) is -0.515. The van der Waals surface area contributed by atoms with Gasteiger partial charge in [0.05, 0.1) is 7.11 Å². The SMILES string of the molecule is COc1ccc(CSc2csc(C(=O)O)c2)cc1F. The fourth-order valence-electron chi connectivity index (χ4n) is 1.47. The predicted molar refractivity (Wildman–Crippen MR) is 73.8 cm³/mol. The van der Waals surface area contributed by atoms with Crippen molar-refractivity contribution in [3.05, 3.63) is 45.9 Å². The van der Waals surface area contributed by atoms with E-state index in [4.69, 9.17) is 9.84 Å². The van der Waals surface area contributed by atoms with E-state index in [0.717, 1.165) is 10.5 Å². The molecular weight excluding hydrogens is 287 g/mol. The van der Waals surface area contributed by atoms with Gasteiger partial charge in [-0.1, -0.05) is 6.07 Å². The molecule has 0 unspecified atom stereocenters. The Bertz CT molecular complexity index is 595. The maximum Gasteiger partial charge on any atom is 0.345 e. The van der Waals surface area contributed by atoms with Crippen LogP contribution < -0.4 is 4.74 Å². The average Bonchev–Trinajstić information content (AvgIpc) is 2.85. The predicted octanol–water partition coefficient (Wildman–Crippen LogP) is 3.89. The van der Waals surface area contributed by atoms with Crippen LogP contribution in [0.2, 0.25) is 0 Å². The second kappa shape index (κ2) is 6.08. The maximum absolute atomic E-state index is 13.5. The second-order valence-corrected chi connectivity index (χ2v) is 5.67. The molecule has 0 saturated carbocycles. The summed E-state index contributed by atoms with van der Waals surface area (Å²) in [6.07, 6.45) is 0. The topological polar surface area (TPSA) is 46.5 Å². The standard InChI is InChI=1S/C13H11FO3S2/c1-17-11-3-2-8(4-10(11)14)6-18-9-5-12(13(15)16)19-7-9/h2-5,7H,6H2,1H3,(H,15,16). The summed E-state index contributed by atoms with van der Waals surface area (Å²) in [5, 5.41) is 10.6. The summed E-state index contributed by atoms with van der Waals surface area (Å²) in [6.45, 7) is 0. The van der Waals surface area contributed by atoms with Crippen molar-refractivity contribution < 1.29 is 19.0 Å². The van der Waals surface area contributed by atoms with Crippen molar-refractivity contribution in [3.8, 4) is 5.75 Å². The molecule has 0 atom stereocenters. The van der Waals surface area contributed by atoms with Gasteiger partial charge in [-0.2, -0.15) is 0 Å². The Morgan fingerprint density at radius 1 is 1.47 bits per heavy atom. The summed E-state index contributed by atoms with van der Waals surface area (Å²) >= 11 is 2.66. The molecule has 6 heteroatoms. The first-order chi connectivity index (χ1) is 9.10. The molecule has 0 aliphatic carbocycles. The van der Waals surface area contributed by atoms with E-state index in [2.05, 4.69) is 0 Å². The van der Waals surface area contributed by atoms with E-state index in [-0.39, 0.29) is 5.75 Å². The summed E-state index contributed by atoms with van der Waals surface area (Å²) in [6, 6.07) is 6.43. The van der Waals surface area contributed by atoms with Gasteiger partial charge in [0, 0.05) is 16.0 Å². The Morgan fingerprint density at radius 3 is 2.84 bits per heavy atom. The average molecular weight is 298 g/mol. The van der Waals surface area contributed by atoms with E-state index < -0.39 is 11.8 Å². The van der Waals surface area contributed by atoms with Gasteiger partial charge in [-0.05, 0) is 23.8 Å². The molecule has 1 N–H and O–H groups in total. The molecule has 19 heavy (non-hydrogen) atoms. The van der Waals surface area contributed by atoms with Crippen LogP contribution in [0.15, 0.2) is 34.5 Å². The highest BCUT2D eigenvalue weighted by atomic mass is 32.2. The monoisotopic (exact) mass is 298 g/mol. The van der Waals surface area contributed by atoms with Gasteiger partial charge in [-0.3, -0.25) is 0 Å². The quantitative estimate of drug-likeness (QED) is 0.851. The molecule has 0 aliphatic heterocycles. The van der Waals surface area contributed by atoms with Gasteiger partial charge in [0.2, 0.25) is 0 Å². The number of hydrogen-bond donors (Lipinski definition) is 1. The third kappa shape index (κ3) is 3.48. The van der Waals surface area contributed by atoms with Crippen LogP contribution in [0, 0.1) is 5.82 Å². The minimum absolute atomic E-state index is 0.220. The lowest BCUT2D eigenvalue weighted by Crippen LogP contribution is -1.90. The highest BCUT2D eigenvalue weighted by molar-refractivity contribution is 7.98. The molecule has 0 radical (unpaired) electrons. The first kappa shape index (κ1) is 13.9. The number of methoxy groups -OCH3 is 1. The van der Waals surface area contributed by atoms with Crippen molar-refractivity contribution in [2.24, 2.45) is 0 Å². The van der Waals surface area contributed by atoms with Crippen molar-refractivity contribution in [1.29, 1.82) is 0 Å². The first-order valence-electron chi connectivity index (χ1n) is 5.37. The highest BCUT2D eigenvalue weighted by Gasteiger charge is 2.08. The van der Waals surface area contributed by atoms with Crippen molar-refractivity contribution in [2.75, 3.05) is 7.11 Å². The number of aromatic carboxylic acids is 1. The summed E-state index contributed by atoms with van der Waals surface area (Å²) in [5.41, 5.74) is 0.825. The minimum Gasteiger partial charge on any atom is -0.494 e. The molecule has 0 bridgehead atoms. The summed E-state index contributed by atoms with van der Waals surface area (Å²) in [7, 11) is 1.42. The Hall–Kier alpha value is -1.53. The number of ether oxygens (including phenoxy) is 1. The molecule has 1 aromatic heterocycles. The molecule has 0 aliphatic rings. The molecule has 0 fully saturated rings. The van der Waals surface area contributed by atoms with Crippen molar-refractivity contribution in [3.63, 3.8) is 0 Å². The van der Waals surface area contributed by atoms with Crippen LogP contribution >= 0.6 is 23.1 Å². The molecule has 1 aromatic carbocycles. The van der Waals surface area contributed by atoms with Gasteiger partial charge in [0.1, 0.15) is 4.88 Å². The van der Waals surface area contributed by atoms with Crippen LogP contribution in [-0.2, 0) is 5.75 Å². The number of hydrogen-bond acceptors (Lipinski definition) is 4. The van der Waals surface area contributed by atoms with Crippen LogP contribution in [0.25, 0.3) is 0 Å². The zero-order chi connectivity index (χ0) is 13.8. The molecule has 0 spiro atoms. The van der Waals surface area contributed by atoms with Gasteiger partial charge in [0.15, 0.2) is 11.6 Å². The normalized spacial score (nSPS) is 10.4. The summed E-state index contributed by atoms with van der Waals surface area (Å²) < 4.78 is 18.3. The minimum atomic E-state index is -0.924. The number of carboxylic acid groups (broad SMARTS) is 1. The Morgan fingerprint density at radius 2 is 2.26 bits per heavy atom. The lowest BCUT2D eigenvalue weighted by molar-refractivity contribution is 0.0702. The van der Waals surface area contributed by atoms with Crippen LogP contribution in [0.3, 0.4) is 0 Å². The molecule has 0 amide bonds. The Labute approximate surface area is 118 Å². The zero-order valence-corrected chi connectivity index (χ0v) is 11.7. The number of halogens is 1. The summed E-state index contributed by atoms with van der Waals surface area (Å²) in [4.78, 5) is 11.9. The van der Waals surface area contributed by atoms with Gasteiger partial charge >= 0.3 is 5.97 Å². The maximum atomic E-state index is 13.5. The van der Waals surface area contributed by atoms with Crippen molar-refractivity contribution in [2.45, 2.75) is 10.6 Å². The van der Waals surface area contributed by atoms with E-state index >= 15 is 0 Å². The van der Waals surface area contributed by atoms with Crippen LogP contribution in [0.4, 0.5) is 4.39 Å².